The number of benzene rings is 2. The molecule has 0 atom stereocenters. The first-order valence-corrected chi connectivity index (χ1v) is 8.58. The van der Waals surface area contributed by atoms with E-state index in [1.807, 2.05) is 67.5 Å². The van der Waals surface area contributed by atoms with Crippen molar-refractivity contribution >= 4 is 28.8 Å². The van der Waals surface area contributed by atoms with Gasteiger partial charge in [0.15, 0.2) is 6.61 Å². The minimum atomic E-state index is -0.236. The number of anilines is 4. The van der Waals surface area contributed by atoms with Gasteiger partial charge in [0.25, 0.3) is 5.91 Å². The number of ether oxygens (including phenoxy) is 1. The van der Waals surface area contributed by atoms with Gasteiger partial charge in [-0.2, -0.15) is 0 Å². The average molecular weight is 362 g/mol. The molecule has 1 heterocycles. The quantitative estimate of drug-likeness (QED) is 0.667. The van der Waals surface area contributed by atoms with Crippen LogP contribution < -0.4 is 20.3 Å². The molecule has 27 heavy (non-hydrogen) atoms. The summed E-state index contributed by atoms with van der Waals surface area (Å²) in [7, 11) is 4.00. The molecule has 0 aliphatic carbocycles. The third kappa shape index (κ3) is 5.47. The molecule has 138 valence electrons. The number of pyridine rings is 1. The van der Waals surface area contributed by atoms with E-state index in [1.54, 1.807) is 24.4 Å². The molecular formula is C21H22N4O2. The number of hydrogen-bond acceptors (Lipinski definition) is 5. The van der Waals surface area contributed by atoms with Crippen LogP contribution in [0.1, 0.15) is 0 Å². The lowest BCUT2D eigenvalue weighted by atomic mass is 10.2. The monoisotopic (exact) mass is 362 g/mol. The third-order valence-electron chi connectivity index (χ3n) is 3.82. The number of rotatable bonds is 7. The van der Waals surface area contributed by atoms with Crippen LogP contribution >= 0.6 is 0 Å². The Hall–Kier alpha value is -3.54. The molecule has 3 rings (SSSR count). The van der Waals surface area contributed by atoms with Crippen molar-refractivity contribution in [3.63, 3.8) is 0 Å². The van der Waals surface area contributed by atoms with Crippen molar-refractivity contribution in [2.24, 2.45) is 0 Å². The second kappa shape index (κ2) is 8.71. The Morgan fingerprint density at radius 2 is 1.67 bits per heavy atom. The highest BCUT2D eigenvalue weighted by molar-refractivity contribution is 5.91. The van der Waals surface area contributed by atoms with Crippen LogP contribution in [0.4, 0.5) is 22.9 Å². The van der Waals surface area contributed by atoms with Crippen molar-refractivity contribution in [3.05, 3.63) is 72.9 Å². The number of para-hydroxylation sites is 1. The molecular weight excluding hydrogens is 340 g/mol. The van der Waals surface area contributed by atoms with E-state index in [0.29, 0.717) is 17.3 Å². The normalized spacial score (nSPS) is 10.1. The van der Waals surface area contributed by atoms with Crippen molar-refractivity contribution in [1.82, 2.24) is 4.98 Å². The minimum absolute atomic E-state index is 0.0533. The maximum absolute atomic E-state index is 12.0. The van der Waals surface area contributed by atoms with Crippen LogP contribution in [0.25, 0.3) is 0 Å². The van der Waals surface area contributed by atoms with Crippen molar-refractivity contribution in [1.29, 1.82) is 0 Å². The van der Waals surface area contributed by atoms with Crippen molar-refractivity contribution in [2.75, 3.05) is 36.2 Å². The summed E-state index contributed by atoms with van der Waals surface area (Å²) in [6, 6.07) is 20.9. The van der Waals surface area contributed by atoms with Crippen LogP contribution in [-0.4, -0.2) is 31.6 Å². The minimum Gasteiger partial charge on any atom is -0.484 e. The summed E-state index contributed by atoms with van der Waals surface area (Å²) < 4.78 is 5.42. The SMILES string of the molecule is CN(C)c1ccc(Nc2ccc(NC(=O)COc3ccccc3)cn2)cc1. The molecule has 6 nitrogen and oxygen atoms in total. The topological polar surface area (TPSA) is 66.5 Å². The van der Waals surface area contributed by atoms with Gasteiger partial charge in [-0.3, -0.25) is 4.79 Å². The molecule has 6 heteroatoms. The summed E-state index contributed by atoms with van der Waals surface area (Å²) >= 11 is 0. The second-order valence-corrected chi connectivity index (χ2v) is 6.15. The Morgan fingerprint density at radius 1 is 0.963 bits per heavy atom. The van der Waals surface area contributed by atoms with Gasteiger partial charge in [-0.15, -0.1) is 0 Å². The molecule has 2 N–H and O–H groups in total. The molecule has 0 fully saturated rings. The summed E-state index contributed by atoms with van der Waals surface area (Å²) in [5.41, 5.74) is 2.69. The van der Waals surface area contributed by atoms with Gasteiger partial charge in [-0.1, -0.05) is 18.2 Å². The number of nitrogens with one attached hydrogen (secondary N) is 2. The Labute approximate surface area is 158 Å². The molecule has 1 amide bonds. The molecule has 0 aliphatic heterocycles. The highest BCUT2D eigenvalue weighted by atomic mass is 16.5. The number of nitrogens with zero attached hydrogens (tertiary/aromatic N) is 2. The van der Waals surface area contributed by atoms with Gasteiger partial charge in [-0.05, 0) is 48.5 Å². The summed E-state index contributed by atoms with van der Waals surface area (Å²) in [5.74, 6) is 1.12. The van der Waals surface area contributed by atoms with Crippen LogP contribution in [0.2, 0.25) is 0 Å². The summed E-state index contributed by atoms with van der Waals surface area (Å²) in [6.45, 7) is -0.0533. The van der Waals surface area contributed by atoms with Gasteiger partial charge in [0.1, 0.15) is 11.6 Å². The van der Waals surface area contributed by atoms with E-state index in [1.165, 1.54) is 0 Å². The molecule has 0 saturated heterocycles. The first-order chi connectivity index (χ1) is 13.1. The molecule has 0 spiro atoms. The third-order valence-corrected chi connectivity index (χ3v) is 3.82. The second-order valence-electron chi connectivity index (χ2n) is 6.15. The van der Waals surface area contributed by atoms with Crippen molar-refractivity contribution in [3.8, 4) is 5.75 Å². The summed E-state index contributed by atoms with van der Waals surface area (Å²) in [4.78, 5) is 18.3. The predicted molar refractivity (Wildman–Crippen MR) is 109 cm³/mol. The highest BCUT2D eigenvalue weighted by Gasteiger charge is 2.05. The van der Waals surface area contributed by atoms with E-state index in [-0.39, 0.29) is 12.5 Å². The van der Waals surface area contributed by atoms with Gasteiger partial charge in [0.05, 0.1) is 11.9 Å². The lowest BCUT2D eigenvalue weighted by molar-refractivity contribution is -0.118. The number of carbonyl (C=O) groups excluding carboxylic acids is 1. The van der Waals surface area contributed by atoms with Crippen LogP contribution in [0.5, 0.6) is 5.75 Å². The van der Waals surface area contributed by atoms with Crippen molar-refractivity contribution in [2.45, 2.75) is 0 Å². The maximum atomic E-state index is 12.0. The van der Waals surface area contributed by atoms with Crippen LogP contribution in [-0.2, 0) is 4.79 Å². The maximum Gasteiger partial charge on any atom is 0.262 e. The molecule has 0 aliphatic rings. The Morgan fingerprint density at radius 3 is 2.30 bits per heavy atom. The summed E-state index contributed by atoms with van der Waals surface area (Å²) in [6.07, 6.45) is 1.61. The smallest absolute Gasteiger partial charge is 0.262 e. The predicted octanol–water partition coefficient (Wildman–Crippen LogP) is 3.91. The number of carbonyl (C=O) groups is 1. The zero-order valence-electron chi connectivity index (χ0n) is 15.3. The Kier molecular flexibility index (Phi) is 5.89. The zero-order valence-corrected chi connectivity index (χ0v) is 15.3. The lowest BCUT2D eigenvalue weighted by Crippen LogP contribution is -2.20. The van der Waals surface area contributed by atoms with Crippen LogP contribution in [0.15, 0.2) is 72.9 Å². The molecule has 3 aromatic rings. The molecule has 0 saturated carbocycles. The number of hydrogen-bond donors (Lipinski definition) is 2. The van der Waals surface area contributed by atoms with Crippen molar-refractivity contribution < 1.29 is 9.53 Å². The molecule has 1 aromatic heterocycles. The van der Waals surface area contributed by atoms with Gasteiger partial charge >= 0.3 is 0 Å². The standard InChI is InChI=1S/C21H22N4O2/c1-25(2)18-11-8-16(9-12-18)23-20-13-10-17(14-22-20)24-21(26)15-27-19-6-4-3-5-7-19/h3-14H,15H2,1-2H3,(H,22,23)(H,24,26). The first-order valence-electron chi connectivity index (χ1n) is 8.58. The number of aromatic nitrogens is 1. The Bertz CT molecular complexity index is 863. The Balaban J connectivity index is 1.51. The molecule has 0 unspecified atom stereocenters. The zero-order chi connectivity index (χ0) is 19.1. The largest absolute Gasteiger partial charge is 0.484 e. The molecule has 0 bridgehead atoms. The lowest BCUT2D eigenvalue weighted by Gasteiger charge is -2.13. The van der Waals surface area contributed by atoms with E-state index in [4.69, 9.17) is 4.74 Å². The van der Waals surface area contributed by atoms with E-state index in [0.717, 1.165) is 11.4 Å². The highest BCUT2D eigenvalue weighted by Crippen LogP contribution is 2.19. The van der Waals surface area contributed by atoms with Crippen LogP contribution in [0.3, 0.4) is 0 Å². The van der Waals surface area contributed by atoms with E-state index in [2.05, 4.69) is 15.6 Å². The van der Waals surface area contributed by atoms with E-state index >= 15 is 0 Å². The van der Waals surface area contributed by atoms with Gasteiger partial charge in [0, 0.05) is 25.5 Å². The fourth-order valence-corrected chi connectivity index (χ4v) is 2.40. The molecule has 0 radical (unpaired) electrons. The first kappa shape index (κ1) is 18.3. The fraction of sp³-hybridized carbons (Fsp3) is 0.143. The van der Waals surface area contributed by atoms with Gasteiger partial charge < -0.3 is 20.3 Å². The summed E-state index contributed by atoms with van der Waals surface area (Å²) in [5, 5.41) is 5.99. The number of amides is 1. The van der Waals surface area contributed by atoms with Crippen LogP contribution in [0, 0.1) is 0 Å². The van der Waals surface area contributed by atoms with Gasteiger partial charge in [0.2, 0.25) is 0 Å². The van der Waals surface area contributed by atoms with Gasteiger partial charge in [-0.25, -0.2) is 4.98 Å². The van der Waals surface area contributed by atoms with E-state index in [9.17, 15) is 4.79 Å². The fourth-order valence-electron chi connectivity index (χ4n) is 2.40. The average Bonchev–Trinajstić information content (AvgIpc) is 2.69. The molecule has 2 aromatic carbocycles. The van der Waals surface area contributed by atoms with E-state index < -0.39 is 0 Å².